The number of morpholine rings is 1. The fraction of sp³-hybridized carbons (Fsp3) is 0.360. The van der Waals surface area contributed by atoms with E-state index < -0.39 is 0 Å². The van der Waals surface area contributed by atoms with Crippen molar-refractivity contribution in [2.45, 2.75) is 39.4 Å². The zero-order chi connectivity index (χ0) is 22.8. The topological polar surface area (TPSA) is 59.1 Å². The minimum absolute atomic E-state index is 0.0511. The highest BCUT2D eigenvalue weighted by Crippen LogP contribution is 2.36. The molecule has 0 bridgehead atoms. The number of hydrogen-bond acceptors (Lipinski definition) is 5. The maximum absolute atomic E-state index is 13.6. The van der Waals surface area contributed by atoms with Crippen molar-refractivity contribution < 1.29 is 19.1 Å². The number of benzene rings is 2. The third-order valence-corrected chi connectivity index (χ3v) is 5.75. The van der Waals surface area contributed by atoms with Gasteiger partial charge in [-0.15, -0.1) is 0 Å². The van der Waals surface area contributed by atoms with Crippen molar-refractivity contribution in [3.63, 3.8) is 0 Å². The van der Waals surface area contributed by atoms with Crippen LogP contribution in [0.2, 0.25) is 5.02 Å². The Morgan fingerprint density at radius 3 is 2.19 bits per heavy atom. The van der Waals surface area contributed by atoms with Gasteiger partial charge >= 0.3 is 0 Å². The second-order valence-electron chi connectivity index (χ2n) is 8.18. The van der Waals surface area contributed by atoms with Gasteiger partial charge in [-0.05, 0) is 62.2 Å². The van der Waals surface area contributed by atoms with Gasteiger partial charge < -0.3 is 14.4 Å². The quantitative estimate of drug-likeness (QED) is 0.600. The molecular formula is C25H27ClN2O4. The van der Waals surface area contributed by atoms with Crippen LogP contribution in [0, 0.1) is 0 Å². The first-order valence-corrected chi connectivity index (χ1v) is 11.3. The molecule has 1 fully saturated rings. The lowest BCUT2D eigenvalue weighted by molar-refractivity contribution is -0.121. The lowest BCUT2D eigenvalue weighted by atomic mass is 10.0. The van der Waals surface area contributed by atoms with Crippen LogP contribution in [0.5, 0.6) is 5.75 Å². The molecule has 7 heteroatoms. The number of carbonyl (C=O) groups excluding carboxylic acids is 2. The van der Waals surface area contributed by atoms with Gasteiger partial charge in [-0.25, -0.2) is 4.90 Å². The fourth-order valence-electron chi connectivity index (χ4n) is 4.19. The van der Waals surface area contributed by atoms with Gasteiger partial charge in [-0.3, -0.25) is 9.59 Å². The van der Waals surface area contributed by atoms with Gasteiger partial charge in [0.2, 0.25) is 0 Å². The van der Waals surface area contributed by atoms with E-state index in [2.05, 4.69) is 0 Å². The summed E-state index contributed by atoms with van der Waals surface area (Å²) < 4.78 is 11.5. The van der Waals surface area contributed by atoms with Crippen molar-refractivity contribution in [1.29, 1.82) is 0 Å². The molecule has 1 saturated heterocycles. The molecule has 0 aliphatic carbocycles. The Morgan fingerprint density at radius 2 is 1.59 bits per heavy atom. The van der Waals surface area contributed by atoms with Crippen LogP contribution in [0.1, 0.15) is 32.8 Å². The summed E-state index contributed by atoms with van der Waals surface area (Å²) in [5.41, 5.74) is 1.99. The van der Waals surface area contributed by atoms with E-state index in [-0.39, 0.29) is 24.0 Å². The second kappa shape index (κ2) is 9.35. The van der Waals surface area contributed by atoms with E-state index in [0.717, 1.165) is 12.2 Å². The standard InChI is InChI=1S/C25H27ClN2O4/c1-4-13-31-21-11-5-18(6-12-21)22-23(27-14-16(2)32-17(3)15-27)25(30)28(24(22)29)20-9-7-19(26)8-10-20/h5-12,16-17H,4,13-15H2,1-3H3. The van der Waals surface area contributed by atoms with Gasteiger partial charge in [0.25, 0.3) is 11.8 Å². The average Bonchev–Trinajstić information content (AvgIpc) is 3.03. The van der Waals surface area contributed by atoms with E-state index in [0.29, 0.717) is 47.2 Å². The molecule has 0 radical (unpaired) electrons. The summed E-state index contributed by atoms with van der Waals surface area (Å²) in [6.45, 7) is 7.69. The molecule has 2 heterocycles. The molecule has 0 spiro atoms. The second-order valence-corrected chi connectivity index (χ2v) is 8.62. The number of anilines is 1. The van der Waals surface area contributed by atoms with Crippen LogP contribution in [0.15, 0.2) is 54.2 Å². The average molecular weight is 455 g/mol. The fourth-order valence-corrected chi connectivity index (χ4v) is 4.32. The third-order valence-electron chi connectivity index (χ3n) is 5.50. The Hall–Kier alpha value is -2.83. The molecule has 2 atom stereocenters. The molecule has 32 heavy (non-hydrogen) atoms. The maximum Gasteiger partial charge on any atom is 0.282 e. The van der Waals surface area contributed by atoms with Crippen LogP contribution in [0.25, 0.3) is 5.57 Å². The number of halogens is 1. The summed E-state index contributed by atoms with van der Waals surface area (Å²) in [5, 5.41) is 0.541. The Morgan fingerprint density at radius 1 is 0.969 bits per heavy atom. The van der Waals surface area contributed by atoms with Gasteiger partial charge in [-0.1, -0.05) is 30.7 Å². The Kier molecular flexibility index (Phi) is 6.53. The number of imide groups is 1. The first-order chi connectivity index (χ1) is 15.4. The molecule has 2 aromatic carbocycles. The SMILES string of the molecule is CCCOc1ccc(C2=C(N3CC(C)OC(C)C3)C(=O)N(c3ccc(Cl)cc3)C2=O)cc1. The van der Waals surface area contributed by atoms with Crippen molar-refractivity contribution in [3.05, 3.63) is 64.8 Å². The monoisotopic (exact) mass is 454 g/mol. The van der Waals surface area contributed by atoms with Crippen LogP contribution in [-0.4, -0.2) is 48.6 Å². The largest absolute Gasteiger partial charge is 0.494 e. The lowest BCUT2D eigenvalue weighted by Gasteiger charge is -2.37. The highest BCUT2D eigenvalue weighted by Gasteiger charge is 2.43. The Bertz CT molecular complexity index is 1020. The van der Waals surface area contributed by atoms with E-state index >= 15 is 0 Å². The van der Waals surface area contributed by atoms with Crippen molar-refractivity contribution >= 4 is 34.7 Å². The molecule has 2 aliphatic heterocycles. The molecule has 168 valence electrons. The number of rotatable bonds is 6. The Labute approximate surface area is 193 Å². The maximum atomic E-state index is 13.6. The molecule has 0 aromatic heterocycles. The molecule has 2 aromatic rings. The predicted octanol–water partition coefficient (Wildman–Crippen LogP) is 4.52. The first kappa shape index (κ1) is 22.4. The van der Waals surface area contributed by atoms with Crippen LogP contribution < -0.4 is 9.64 Å². The van der Waals surface area contributed by atoms with Gasteiger partial charge in [0.05, 0.1) is 30.1 Å². The minimum Gasteiger partial charge on any atom is -0.494 e. The summed E-state index contributed by atoms with van der Waals surface area (Å²) in [4.78, 5) is 30.4. The molecule has 0 saturated carbocycles. The molecule has 0 N–H and O–H groups in total. The summed E-state index contributed by atoms with van der Waals surface area (Å²) in [6.07, 6.45) is 0.808. The van der Waals surface area contributed by atoms with E-state index in [1.807, 2.05) is 49.9 Å². The number of hydrogen-bond donors (Lipinski definition) is 0. The van der Waals surface area contributed by atoms with Gasteiger partial charge in [-0.2, -0.15) is 0 Å². The zero-order valence-electron chi connectivity index (χ0n) is 18.5. The van der Waals surface area contributed by atoms with Crippen molar-refractivity contribution in [2.24, 2.45) is 0 Å². The number of nitrogens with zero attached hydrogens (tertiary/aromatic N) is 2. The molecule has 2 aliphatic rings. The van der Waals surface area contributed by atoms with E-state index in [4.69, 9.17) is 21.1 Å². The molecule has 4 rings (SSSR count). The number of amides is 2. The first-order valence-electron chi connectivity index (χ1n) is 10.9. The van der Waals surface area contributed by atoms with Gasteiger partial charge in [0, 0.05) is 18.1 Å². The van der Waals surface area contributed by atoms with E-state index in [1.165, 1.54) is 4.90 Å². The molecule has 6 nitrogen and oxygen atoms in total. The highest BCUT2D eigenvalue weighted by molar-refractivity contribution is 6.45. The van der Waals surface area contributed by atoms with Gasteiger partial charge in [0.1, 0.15) is 11.4 Å². The van der Waals surface area contributed by atoms with Crippen LogP contribution >= 0.6 is 11.6 Å². The molecular weight excluding hydrogens is 428 g/mol. The van der Waals surface area contributed by atoms with Crippen molar-refractivity contribution in [2.75, 3.05) is 24.6 Å². The zero-order valence-corrected chi connectivity index (χ0v) is 19.3. The summed E-state index contributed by atoms with van der Waals surface area (Å²) in [6, 6.07) is 14.1. The van der Waals surface area contributed by atoms with Crippen LogP contribution in [0.4, 0.5) is 5.69 Å². The smallest absolute Gasteiger partial charge is 0.282 e. The summed E-state index contributed by atoms with van der Waals surface area (Å²) >= 11 is 6.02. The minimum atomic E-state index is -0.346. The number of ether oxygens (including phenoxy) is 2. The normalized spacial score (nSPS) is 21.5. The number of carbonyl (C=O) groups is 2. The summed E-state index contributed by atoms with van der Waals surface area (Å²) in [7, 11) is 0. The van der Waals surface area contributed by atoms with E-state index in [1.54, 1.807) is 24.3 Å². The summed E-state index contributed by atoms with van der Waals surface area (Å²) in [5.74, 6) is 0.0546. The van der Waals surface area contributed by atoms with Crippen LogP contribution in [0.3, 0.4) is 0 Å². The van der Waals surface area contributed by atoms with Crippen molar-refractivity contribution in [3.8, 4) is 5.75 Å². The van der Waals surface area contributed by atoms with Gasteiger partial charge in [0.15, 0.2) is 0 Å². The third kappa shape index (κ3) is 4.38. The lowest BCUT2D eigenvalue weighted by Crippen LogP contribution is -2.47. The predicted molar refractivity (Wildman–Crippen MR) is 125 cm³/mol. The Balaban J connectivity index is 1.76. The van der Waals surface area contributed by atoms with Crippen LogP contribution in [-0.2, 0) is 14.3 Å². The molecule has 2 unspecified atom stereocenters. The molecule has 2 amide bonds. The van der Waals surface area contributed by atoms with Crippen molar-refractivity contribution in [1.82, 2.24) is 4.90 Å². The highest BCUT2D eigenvalue weighted by atomic mass is 35.5. The van der Waals surface area contributed by atoms with E-state index in [9.17, 15) is 9.59 Å².